The summed E-state index contributed by atoms with van der Waals surface area (Å²) in [5.74, 6) is -0.844. The lowest BCUT2D eigenvalue weighted by atomic mass is 10.0. The summed E-state index contributed by atoms with van der Waals surface area (Å²) in [6, 6.07) is 21.8. The molecule has 0 aromatic heterocycles. The number of benzene rings is 3. The van der Waals surface area contributed by atoms with Gasteiger partial charge in [-0.25, -0.2) is 4.39 Å². The van der Waals surface area contributed by atoms with Gasteiger partial charge in [-0.3, -0.25) is 9.59 Å². The van der Waals surface area contributed by atoms with Gasteiger partial charge in [0.05, 0.1) is 6.42 Å². The Bertz CT molecular complexity index is 1070. The Kier molecular flexibility index (Phi) is 8.79. The summed E-state index contributed by atoms with van der Waals surface area (Å²) < 4.78 is 13.5. The van der Waals surface area contributed by atoms with E-state index in [1.807, 2.05) is 30.3 Å². The zero-order chi connectivity index (χ0) is 23.6. The molecule has 0 unspecified atom stereocenters. The first-order valence-electron chi connectivity index (χ1n) is 10.7. The Morgan fingerprint density at radius 2 is 1.58 bits per heavy atom. The third-order valence-electron chi connectivity index (χ3n) is 5.23. The van der Waals surface area contributed by atoms with Crippen molar-refractivity contribution in [3.8, 4) is 0 Å². The molecule has 1 N–H and O–H groups in total. The van der Waals surface area contributed by atoms with Gasteiger partial charge in [0, 0.05) is 24.5 Å². The number of halogens is 2. The fourth-order valence-electron chi connectivity index (χ4n) is 3.51. The minimum absolute atomic E-state index is 0.110. The summed E-state index contributed by atoms with van der Waals surface area (Å²) in [6.07, 6.45) is 2.05. The predicted molar refractivity (Wildman–Crippen MR) is 129 cm³/mol. The molecule has 0 aliphatic heterocycles. The predicted octanol–water partition coefficient (Wildman–Crippen LogP) is 4.96. The van der Waals surface area contributed by atoms with Crippen LogP contribution >= 0.6 is 11.6 Å². The van der Waals surface area contributed by atoms with Crippen LogP contribution in [0.1, 0.15) is 16.7 Å². The lowest BCUT2D eigenvalue weighted by molar-refractivity contribution is -0.140. The molecule has 0 radical (unpaired) electrons. The summed E-state index contributed by atoms with van der Waals surface area (Å²) in [4.78, 5) is 28.2. The van der Waals surface area contributed by atoms with Crippen LogP contribution in [0.2, 0.25) is 5.02 Å². The molecule has 33 heavy (non-hydrogen) atoms. The van der Waals surface area contributed by atoms with Crippen LogP contribution in [0, 0.1) is 5.82 Å². The van der Waals surface area contributed by atoms with Crippen LogP contribution in [0.15, 0.2) is 91.5 Å². The quantitative estimate of drug-likeness (QED) is 0.431. The molecule has 0 aliphatic rings. The van der Waals surface area contributed by atoms with Crippen molar-refractivity contribution in [1.29, 1.82) is 0 Å². The number of carbonyl (C=O) groups is 2. The Labute approximate surface area is 198 Å². The first kappa shape index (κ1) is 24.2. The molecule has 170 valence electrons. The van der Waals surface area contributed by atoms with Crippen LogP contribution < -0.4 is 5.32 Å². The first-order chi connectivity index (χ1) is 16.0. The molecule has 0 saturated heterocycles. The van der Waals surface area contributed by atoms with Gasteiger partial charge in [0.2, 0.25) is 11.8 Å². The van der Waals surface area contributed by atoms with E-state index < -0.39 is 6.04 Å². The van der Waals surface area contributed by atoms with Gasteiger partial charge < -0.3 is 10.2 Å². The molecule has 1 atom stereocenters. The van der Waals surface area contributed by atoms with Crippen LogP contribution in [0.4, 0.5) is 4.39 Å². The third-order valence-corrected chi connectivity index (χ3v) is 5.48. The number of nitrogens with zero attached hydrogens (tertiary/aromatic N) is 1. The van der Waals surface area contributed by atoms with Gasteiger partial charge in [0.25, 0.3) is 0 Å². The van der Waals surface area contributed by atoms with E-state index in [9.17, 15) is 14.0 Å². The standard InChI is InChI=1S/C27H26ClFN2O2/c1-2-16-30-27(33)25(17-20-6-4-3-5-7-20)31(19-22-10-14-24(29)15-11-22)26(32)18-21-8-12-23(28)13-9-21/h2-15,25H,1,16-19H2,(H,30,33)/t25-/m1/s1. The van der Waals surface area contributed by atoms with E-state index in [0.29, 0.717) is 18.0 Å². The molecule has 0 fully saturated rings. The smallest absolute Gasteiger partial charge is 0.243 e. The van der Waals surface area contributed by atoms with Crippen molar-refractivity contribution in [2.45, 2.75) is 25.4 Å². The SMILES string of the molecule is C=CCNC(=O)[C@@H](Cc1ccccc1)N(Cc1ccc(F)cc1)C(=O)Cc1ccc(Cl)cc1. The van der Waals surface area contributed by atoms with Gasteiger partial charge >= 0.3 is 0 Å². The number of rotatable bonds is 10. The summed E-state index contributed by atoms with van der Waals surface area (Å²) in [5, 5.41) is 3.41. The number of hydrogen-bond acceptors (Lipinski definition) is 2. The molecule has 0 heterocycles. The van der Waals surface area contributed by atoms with E-state index in [0.717, 1.165) is 16.7 Å². The van der Waals surface area contributed by atoms with E-state index in [1.54, 1.807) is 47.4 Å². The van der Waals surface area contributed by atoms with Crippen molar-refractivity contribution in [3.05, 3.63) is 119 Å². The zero-order valence-electron chi connectivity index (χ0n) is 18.2. The molecule has 4 nitrogen and oxygen atoms in total. The van der Waals surface area contributed by atoms with Crippen molar-refractivity contribution >= 4 is 23.4 Å². The van der Waals surface area contributed by atoms with Gasteiger partial charge in [-0.1, -0.05) is 72.3 Å². The minimum atomic E-state index is -0.753. The summed E-state index contributed by atoms with van der Waals surface area (Å²) in [6.45, 7) is 4.12. The Hall–Kier alpha value is -3.44. The fraction of sp³-hybridized carbons (Fsp3) is 0.185. The average Bonchev–Trinajstić information content (AvgIpc) is 2.83. The number of carbonyl (C=O) groups excluding carboxylic acids is 2. The van der Waals surface area contributed by atoms with Gasteiger partial charge in [-0.2, -0.15) is 0 Å². The second kappa shape index (κ2) is 12.0. The topological polar surface area (TPSA) is 49.4 Å². The molecule has 3 aromatic carbocycles. The van der Waals surface area contributed by atoms with Crippen molar-refractivity contribution < 1.29 is 14.0 Å². The highest BCUT2D eigenvalue weighted by atomic mass is 35.5. The third kappa shape index (κ3) is 7.29. The molecule has 3 aromatic rings. The number of hydrogen-bond donors (Lipinski definition) is 1. The molecule has 0 spiro atoms. The van der Waals surface area contributed by atoms with E-state index in [2.05, 4.69) is 11.9 Å². The lowest BCUT2D eigenvalue weighted by Gasteiger charge is -2.31. The summed E-state index contributed by atoms with van der Waals surface area (Å²) in [7, 11) is 0. The molecule has 3 rings (SSSR count). The molecule has 0 aliphatic carbocycles. The molecular formula is C27H26ClFN2O2. The fourth-order valence-corrected chi connectivity index (χ4v) is 3.64. The van der Waals surface area contributed by atoms with Crippen molar-refractivity contribution in [3.63, 3.8) is 0 Å². The second-order valence-electron chi connectivity index (χ2n) is 7.69. The highest BCUT2D eigenvalue weighted by molar-refractivity contribution is 6.30. The van der Waals surface area contributed by atoms with Crippen molar-refractivity contribution in [2.75, 3.05) is 6.54 Å². The maximum absolute atomic E-state index is 13.5. The van der Waals surface area contributed by atoms with Crippen LogP contribution in [0.5, 0.6) is 0 Å². The zero-order valence-corrected chi connectivity index (χ0v) is 19.0. The molecule has 0 bridgehead atoms. The number of amides is 2. The molecule has 0 saturated carbocycles. The lowest BCUT2D eigenvalue weighted by Crippen LogP contribution is -2.51. The highest BCUT2D eigenvalue weighted by Gasteiger charge is 2.30. The van der Waals surface area contributed by atoms with Crippen LogP contribution in [-0.4, -0.2) is 29.3 Å². The Morgan fingerprint density at radius 1 is 0.939 bits per heavy atom. The van der Waals surface area contributed by atoms with E-state index in [1.165, 1.54) is 12.1 Å². The van der Waals surface area contributed by atoms with Gasteiger partial charge in [-0.05, 0) is 41.0 Å². The van der Waals surface area contributed by atoms with Gasteiger partial charge in [0.1, 0.15) is 11.9 Å². The monoisotopic (exact) mass is 464 g/mol. The van der Waals surface area contributed by atoms with Crippen LogP contribution in [-0.2, 0) is 29.0 Å². The van der Waals surface area contributed by atoms with Crippen LogP contribution in [0.25, 0.3) is 0 Å². The van der Waals surface area contributed by atoms with Crippen molar-refractivity contribution in [2.24, 2.45) is 0 Å². The first-order valence-corrected chi connectivity index (χ1v) is 11.0. The van der Waals surface area contributed by atoms with E-state index in [4.69, 9.17) is 11.6 Å². The highest BCUT2D eigenvalue weighted by Crippen LogP contribution is 2.18. The van der Waals surface area contributed by atoms with Gasteiger partial charge in [0.15, 0.2) is 0 Å². The maximum atomic E-state index is 13.5. The van der Waals surface area contributed by atoms with E-state index >= 15 is 0 Å². The van der Waals surface area contributed by atoms with Crippen LogP contribution in [0.3, 0.4) is 0 Å². The Morgan fingerprint density at radius 3 is 2.21 bits per heavy atom. The molecular weight excluding hydrogens is 439 g/mol. The molecule has 2 amide bonds. The van der Waals surface area contributed by atoms with E-state index in [-0.39, 0.29) is 30.6 Å². The summed E-state index contributed by atoms with van der Waals surface area (Å²) in [5.41, 5.74) is 2.45. The molecule has 6 heteroatoms. The maximum Gasteiger partial charge on any atom is 0.243 e. The number of nitrogens with one attached hydrogen (secondary N) is 1. The van der Waals surface area contributed by atoms with Gasteiger partial charge in [-0.15, -0.1) is 6.58 Å². The minimum Gasteiger partial charge on any atom is -0.351 e. The normalized spacial score (nSPS) is 11.5. The second-order valence-corrected chi connectivity index (χ2v) is 8.13. The van der Waals surface area contributed by atoms with Crippen molar-refractivity contribution in [1.82, 2.24) is 10.2 Å². The Balaban J connectivity index is 1.94. The largest absolute Gasteiger partial charge is 0.351 e. The summed E-state index contributed by atoms with van der Waals surface area (Å²) >= 11 is 5.97. The average molecular weight is 465 g/mol.